The molecular weight excluding hydrogens is 146 g/mol. The summed E-state index contributed by atoms with van der Waals surface area (Å²) in [5.74, 6) is 0. The minimum absolute atomic E-state index is 0.202. The van der Waals surface area contributed by atoms with Gasteiger partial charge in [-0.15, -0.1) is 0 Å². The Labute approximate surface area is 65.7 Å². The van der Waals surface area contributed by atoms with Crippen molar-refractivity contribution in [3.05, 3.63) is 10.1 Å². The van der Waals surface area contributed by atoms with E-state index >= 15 is 0 Å². The second kappa shape index (κ2) is 3.15. The molecule has 11 heavy (non-hydrogen) atoms. The fourth-order valence-electron chi connectivity index (χ4n) is 1.36. The molecule has 0 radical (unpaired) electrons. The first kappa shape index (κ1) is 8.42. The SMILES string of the molecule is CCN1CC([N+](=O)[O-])CN1C. The lowest BCUT2D eigenvalue weighted by Crippen LogP contribution is -2.32. The zero-order valence-corrected chi connectivity index (χ0v) is 6.86. The van der Waals surface area contributed by atoms with E-state index in [1.54, 1.807) is 0 Å². The van der Waals surface area contributed by atoms with E-state index in [0.717, 1.165) is 6.54 Å². The number of nitro groups is 1. The van der Waals surface area contributed by atoms with Gasteiger partial charge in [0.05, 0.1) is 13.1 Å². The second-order valence-corrected chi connectivity index (χ2v) is 2.78. The lowest BCUT2D eigenvalue weighted by molar-refractivity contribution is -0.515. The summed E-state index contributed by atoms with van der Waals surface area (Å²) in [6.45, 7) is 3.94. The minimum atomic E-state index is -0.403. The first-order valence-electron chi connectivity index (χ1n) is 3.74. The van der Waals surface area contributed by atoms with Crippen LogP contribution in [0.2, 0.25) is 0 Å². The molecule has 1 aliphatic heterocycles. The highest BCUT2D eigenvalue weighted by Gasteiger charge is 2.33. The van der Waals surface area contributed by atoms with E-state index in [2.05, 4.69) is 0 Å². The maximum absolute atomic E-state index is 10.4. The molecular formula is C6H13N3O2. The van der Waals surface area contributed by atoms with Gasteiger partial charge in [0.15, 0.2) is 0 Å². The molecule has 1 aliphatic rings. The molecule has 0 aromatic rings. The summed E-state index contributed by atoms with van der Waals surface area (Å²) in [4.78, 5) is 10.2. The third-order valence-corrected chi connectivity index (χ3v) is 2.04. The highest BCUT2D eigenvalue weighted by Crippen LogP contribution is 2.09. The van der Waals surface area contributed by atoms with Crippen LogP contribution in [0.5, 0.6) is 0 Å². The van der Waals surface area contributed by atoms with Crippen molar-refractivity contribution in [2.24, 2.45) is 0 Å². The van der Waals surface area contributed by atoms with Crippen molar-refractivity contribution >= 4 is 0 Å². The van der Waals surface area contributed by atoms with Crippen molar-refractivity contribution in [3.63, 3.8) is 0 Å². The molecule has 1 heterocycles. The van der Waals surface area contributed by atoms with Crippen LogP contribution < -0.4 is 0 Å². The standard InChI is InChI=1S/C6H13N3O2/c1-3-8-5-6(9(10)11)4-7(8)2/h6H,3-5H2,1-2H3. The summed E-state index contributed by atoms with van der Waals surface area (Å²) < 4.78 is 0. The number of hydrogen-bond donors (Lipinski definition) is 0. The Bertz CT molecular complexity index is 162. The summed E-state index contributed by atoms with van der Waals surface area (Å²) in [6, 6.07) is -0.403. The van der Waals surface area contributed by atoms with Crippen LogP contribution in [-0.4, -0.2) is 47.7 Å². The van der Waals surface area contributed by atoms with Crippen molar-refractivity contribution in [1.29, 1.82) is 0 Å². The van der Waals surface area contributed by atoms with Gasteiger partial charge in [0.25, 0.3) is 0 Å². The highest BCUT2D eigenvalue weighted by atomic mass is 16.6. The smallest absolute Gasteiger partial charge is 0.240 e. The van der Waals surface area contributed by atoms with Gasteiger partial charge in [0, 0.05) is 18.5 Å². The van der Waals surface area contributed by atoms with Gasteiger partial charge in [-0.2, -0.15) is 0 Å². The van der Waals surface area contributed by atoms with Crippen molar-refractivity contribution < 1.29 is 4.92 Å². The molecule has 1 unspecified atom stereocenters. The van der Waals surface area contributed by atoms with E-state index in [9.17, 15) is 10.1 Å². The molecule has 0 aliphatic carbocycles. The van der Waals surface area contributed by atoms with Gasteiger partial charge in [-0.3, -0.25) is 10.1 Å². The zero-order valence-electron chi connectivity index (χ0n) is 6.86. The molecule has 1 fully saturated rings. The molecule has 0 aromatic carbocycles. The molecule has 0 bridgehead atoms. The molecule has 0 aromatic heterocycles. The third kappa shape index (κ3) is 1.66. The Morgan fingerprint density at radius 1 is 1.64 bits per heavy atom. The molecule has 0 N–H and O–H groups in total. The van der Waals surface area contributed by atoms with Crippen LogP contribution in [0, 0.1) is 10.1 Å². The van der Waals surface area contributed by atoms with Gasteiger partial charge < -0.3 is 0 Å². The number of hydrazine groups is 1. The summed E-state index contributed by atoms with van der Waals surface area (Å²) in [5, 5.41) is 14.3. The third-order valence-electron chi connectivity index (χ3n) is 2.04. The molecule has 64 valence electrons. The first-order chi connectivity index (χ1) is 5.15. The maximum atomic E-state index is 10.4. The van der Waals surface area contributed by atoms with Crippen molar-refractivity contribution in [2.75, 3.05) is 26.7 Å². The topological polar surface area (TPSA) is 49.6 Å². The van der Waals surface area contributed by atoms with Crippen molar-refractivity contribution in [2.45, 2.75) is 13.0 Å². The first-order valence-corrected chi connectivity index (χ1v) is 3.74. The lowest BCUT2D eigenvalue weighted by atomic mass is 10.3. The highest BCUT2D eigenvalue weighted by molar-refractivity contribution is 4.72. The second-order valence-electron chi connectivity index (χ2n) is 2.78. The van der Waals surface area contributed by atoms with E-state index in [-0.39, 0.29) is 4.92 Å². The van der Waals surface area contributed by atoms with Crippen LogP contribution in [0.15, 0.2) is 0 Å². The van der Waals surface area contributed by atoms with E-state index in [4.69, 9.17) is 0 Å². The fourth-order valence-corrected chi connectivity index (χ4v) is 1.36. The predicted molar refractivity (Wildman–Crippen MR) is 40.7 cm³/mol. The molecule has 1 saturated heterocycles. The largest absolute Gasteiger partial charge is 0.264 e. The van der Waals surface area contributed by atoms with Crippen molar-refractivity contribution in [3.8, 4) is 0 Å². The molecule has 1 atom stereocenters. The number of likely N-dealkylation sites (N-methyl/N-ethyl adjacent to an activating group) is 2. The Morgan fingerprint density at radius 2 is 2.27 bits per heavy atom. The quantitative estimate of drug-likeness (QED) is 0.414. The molecule has 5 heteroatoms. The van der Waals surface area contributed by atoms with Crippen LogP contribution in [-0.2, 0) is 0 Å². The molecule has 0 amide bonds. The van der Waals surface area contributed by atoms with Crippen LogP contribution in [0.25, 0.3) is 0 Å². The normalized spacial score (nSPS) is 27.6. The van der Waals surface area contributed by atoms with E-state index in [1.807, 2.05) is 24.0 Å². The lowest BCUT2D eigenvalue weighted by Gasteiger charge is -2.19. The van der Waals surface area contributed by atoms with E-state index in [1.165, 1.54) is 0 Å². The summed E-state index contributed by atoms with van der Waals surface area (Å²) in [5.41, 5.74) is 0. The molecule has 0 saturated carbocycles. The number of nitrogens with zero attached hydrogens (tertiary/aromatic N) is 3. The van der Waals surface area contributed by atoms with Crippen LogP contribution >= 0.6 is 0 Å². The monoisotopic (exact) mass is 159 g/mol. The van der Waals surface area contributed by atoms with Crippen molar-refractivity contribution in [1.82, 2.24) is 10.0 Å². The number of rotatable bonds is 2. The van der Waals surface area contributed by atoms with Gasteiger partial charge in [-0.1, -0.05) is 6.92 Å². The van der Waals surface area contributed by atoms with Gasteiger partial charge >= 0.3 is 0 Å². The van der Waals surface area contributed by atoms with Gasteiger partial charge in [0.1, 0.15) is 0 Å². The van der Waals surface area contributed by atoms with Gasteiger partial charge in [-0.25, -0.2) is 10.0 Å². The maximum Gasteiger partial charge on any atom is 0.240 e. The van der Waals surface area contributed by atoms with E-state index < -0.39 is 6.04 Å². The predicted octanol–water partition coefficient (Wildman–Crippen LogP) is -0.186. The Morgan fingerprint density at radius 3 is 2.55 bits per heavy atom. The zero-order chi connectivity index (χ0) is 8.43. The van der Waals surface area contributed by atoms with Gasteiger partial charge in [-0.05, 0) is 0 Å². The van der Waals surface area contributed by atoms with Crippen LogP contribution in [0.4, 0.5) is 0 Å². The summed E-state index contributed by atoms with van der Waals surface area (Å²) >= 11 is 0. The van der Waals surface area contributed by atoms with Gasteiger partial charge in [0.2, 0.25) is 6.04 Å². The Balaban J connectivity index is 2.49. The number of hydrogen-bond acceptors (Lipinski definition) is 4. The average Bonchev–Trinajstić information content (AvgIpc) is 2.31. The minimum Gasteiger partial charge on any atom is -0.264 e. The Hall–Kier alpha value is -0.680. The van der Waals surface area contributed by atoms with Crippen LogP contribution in [0.1, 0.15) is 6.92 Å². The van der Waals surface area contributed by atoms with E-state index in [0.29, 0.717) is 13.1 Å². The average molecular weight is 159 g/mol. The fraction of sp³-hybridized carbons (Fsp3) is 1.00. The molecule has 0 spiro atoms. The van der Waals surface area contributed by atoms with Crippen LogP contribution in [0.3, 0.4) is 0 Å². The summed E-state index contributed by atoms with van der Waals surface area (Å²) in [7, 11) is 1.88. The Kier molecular flexibility index (Phi) is 2.41. The molecule has 5 nitrogen and oxygen atoms in total. The summed E-state index contributed by atoms with van der Waals surface area (Å²) in [6.07, 6.45) is 0. The molecule has 1 rings (SSSR count).